The molecule has 170 valence electrons. The zero-order chi connectivity index (χ0) is 22.9. The minimum absolute atomic E-state index is 0.0858. The number of halogens is 1. The SMILES string of the molecule is CC(NS(=O)(=O)c1ccc(Cl)cc1)C1CC=Cc2c(OCC(=O)O)cc3c(c21)CCCC3. The molecule has 2 aromatic rings. The molecular formula is C24H26ClNO5S. The van der Waals surface area contributed by atoms with E-state index in [0.29, 0.717) is 17.2 Å². The topological polar surface area (TPSA) is 92.7 Å². The van der Waals surface area contributed by atoms with Crippen LogP contribution in [-0.2, 0) is 27.7 Å². The second-order valence-electron chi connectivity index (χ2n) is 8.34. The van der Waals surface area contributed by atoms with Crippen molar-refractivity contribution in [2.24, 2.45) is 0 Å². The van der Waals surface area contributed by atoms with Gasteiger partial charge in [-0.3, -0.25) is 0 Å². The van der Waals surface area contributed by atoms with Crippen LogP contribution in [0.2, 0.25) is 5.02 Å². The van der Waals surface area contributed by atoms with Crippen LogP contribution in [0.15, 0.2) is 41.3 Å². The lowest BCUT2D eigenvalue weighted by Gasteiger charge is -2.33. The molecule has 0 spiro atoms. The van der Waals surface area contributed by atoms with Crippen molar-refractivity contribution in [2.45, 2.75) is 55.9 Å². The molecule has 0 aromatic heterocycles. The van der Waals surface area contributed by atoms with Crippen LogP contribution in [0.3, 0.4) is 0 Å². The molecule has 0 amide bonds. The molecule has 2 aliphatic carbocycles. The number of rotatable bonds is 7. The third-order valence-corrected chi connectivity index (χ3v) is 7.99. The van der Waals surface area contributed by atoms with Gasteiger partial charge in [-0.05, 0) is 86.1 Å². The smallest absolute Gasteiger partial charge is 0.341 e. The van der Waals surface area contributed by atoms with E-state index in [4.69, 9.17) is 21.4 Å². The van der Waals surface area contributed by atoms with Crippen LogP contribution in [0.4, 0.5) is 0 Å². The monoisotopic (exact) mass is 475 g/mol. The molecular weight excluding hydrogens is 450 g/mol. The summed E-state index contributed by atoms with van der Waals surface area (Å²) in [7, 11) is -3.72. The van der Waals surface area contributed by atoms with Crippen molar-refractivity contribution in [3.8, 4) is 5.75 Å². The minimum atomic E-state index is -3.72. The maximum absolute atomic E-state index is 13.0. The number of aliphatic carboxylic acids is 1. The molecule has 2 unspecified atom stereocenters. The number of carbonyl (C=O) groups is 1. The van der Waals surface area contributed by atoms with Gasteiger partial charge in [0.2, 0.25) is 10.0 Å². The minimum Gasteiger partial charge on any atom is -0.481 e. The molecule has 0 aliphatic heterocycles. The van der Waals surface area contributed by atoms with Crippen LogP contribution >= 0.6 is 11.6 Å². The third kappa shape index (κ3) is 4.70. The summed E-state index contributed by atoms with van der Waals surface area (Å²) < 4.78 is 34.4. The number of carboxylic acid groups (broad SMARTS) is 1. The van der Waals surface area contributed by atoms with Gasteiger partial charge in [0, 0.05) is 22.5 Å². The average molecular weight is 476 g/mol. The Bertz CT molecular complexity index is 1160. The Kier molecular flexibility index (Phi) is 6.60. The summed E-state index contributed by atoms with van der Waals surface area (Å²) in [4.78, 5) is 11.3. The fraction of sp³-hybridized carbons (Fsp3) is 0.375. The zero-order valence-corrected chi connectivity index (χ0v) is 19.4. The van der Waals surface area contributed by atoms with Crippen LogP contribution in [0.1, 0.15) is 54.4 Å². The number of hydrogen-bond donors (Lipinski definition) is 2. The highest BCUT2D eigenvalue weighted by Gasteiger charge is 2.32. The first-order valence-electron chi connectivity index (χ1n) is 10.7. The van der Waals surface area contributed by atoms with Gasteiger partial charge >= 0.3 is 5.97 Å². The van der Waals surface area contributed by atoms with Gasteiger partial charge in [-0.15, -0.1) is 0 Å². The van der Waals surface area contributed by atoms with Crippen LogP contribution < -0.4 is 9.46 Å². The van der Waals surface area contributed by atoms with Crippen LogP contribution in [0.25, 0.3) is 6.08 Å². The highest BCUT2D eigenvalue weighted by molar-refractivity contribution is 7.89. The highest BCUT2D eigenvalue weighted by atomic mass is 35.5. The molecule has 4 rings (SSSR count). The first kappa shape index (κ1) is 22.8. The van der Waals surface area contributed by atoms with E-state index >= 15 is 0 Å². The van der Waals surface area contributed by atoms with Gasteiger partial charge in [0.05, 0.1) is 4.90 Å². The van der Waals surface area contributed by atoms with E-state index in [2.05, 4.69) is 4.72 Å². The van der Waals surface area contributed by atoms with Gasteiger partial charge in [-0.2, -0.15) is 0 Å². The fourth-order valence-electron chi connectivity index (χ4n) is 4.69. The van der Waals surface area contributed by atoms with Gasteiger partial charge in [0.1, 0.15) is 5.75 Å². The predicted octanol–water partition coefficient (Wildman–Crippen LogP) is 4.55. The zero-order valence-electron chi connectivity index (χ0n) is 17.8. The maximum Gasteiger partial charge on any atom is 0.341 e. The molecule has 2 aliphatic rings. The molecule has 0 saturated carbocycles. The largest absolute Gasteiger partial charge is 0.481 e. The van der Waals surface area contributed by atoms with E-state index in [1.54, 1.807) is 12.1 Å². The summed E-state index contributed by atoms with van der Waals surface area (Å²) in [6, 6.07) is 7.69. The Morgan fingerprint density at radius 1 is 1.25 bits per heavy atom. The summed E-state index contributed by atoms with van der Waals surface area (Å²) in [5.41, 5.74) is 4.36. The molecule has 0 heterocycles. The number of ether oxygens (including phenoxy) is 1. The lowest BCUT2D eigenvalue weighted by Crippen LogP contribution is -2.38. The molecule has 0 fully saturated rings. The molecule has 8 heteroatoms. The lowest BCUT2D eigenvalue weighted by atomic mass is 9.75. The number of fused-ring (bicyclic) bond motifs is 3. The van der Waals surface area contributed by atoms with Gasteiger partial charge in [0.25, 0.3) is 0 Å². The van der Waals surface area contributed by atoms with Crippen molar-refractivity contribution in [2.75, 3.05) is 6.61 Å². The van der Waals surface area contributed by atoms with Crippen LogP contribution in [-0.4, -0.2) is 32.1 Å². The predicted molar refractivity (Wildman–Crippen MR) is 124 cm³/mol. The molecule has 2 aromatic carbocycles. The molecule has 32 heavy (non-hydrogen) atoms. The summed E-state index contributed by atoms with van der Waals surface area (Å²) in [6.45, 7) is 1.46. The van der Waals surface area contributed by atoms with Crippen molar-refractivity contribution in [1.82, 2.24) is 4.72 Å². The molecule has 0 saturated heterocycles. The van der Waals surface area contributed by atoms with E-state index in [1.165, 1.54) is 23.3 Å². The third-order valence-electron chi connectivity index (χ3n) is 6.16. The van der Waals surface area contributed by atoms with E-state index in [-0.39, 0.29) is 16.9 Å². The second kappa shape index (κ2) is 9.25. The summed E-state index contributed by atoms with van der Waals surface area (Å²) in [6.07, 6.45) is 8.65. The van der Waals surface area contributed by atoms with Gasteiger partial charge in [-0.1, -0.05) is 23.8 Å². The highest BCUT2D eigenvalue weighted by Crippen LogP contribution is 2.43. The molecule has 0 radical (unpaired) electrons. The van der Waals surface area contributed by atoms with Crippen LogP contribution in [0.5, 0.6) is 5.75 Å². The second-order valence-corrected chi connectivity index (χ2v) is 10.5. The number of aryl methyl sites for hydroxylation is 1. The Morgan fingerprint density at radius 2 is 1.97 bits per heavy atom. The fourth-order valence-corrected chi connectivity index (χ4v) is 6.10. The number of sulfonamides is 1. The van der Waals surface area contributed by atoms with Crippen molar-refractivity contribution < 1.29 is 23.1 Å². The Labute approximate surface area is 193 Å². The first-order valence-corrected chi connectivity index (χ1v) is 12.6. The van der Waals surface area contributed by atoms with Crippen LogP contribution in [0, 0.1) is 0 Å². The number of hydrogen-bond acceptors (Lipinski definition) is 4. The molecule has 2 atom stereocenters. The van der Waals surface area contributed by atoms with Crippen molar-refractivity contribution >= 4 is 33.7 Å². The first-order chi connectivity index (χ1) is 15.3. The Balaban J connectivity index is 1.70. The summed E-state index contributed by atoms with van der Waals surface area (Å²) >= 11 is 5.90. The van der Waals surface area contributed by atoms with E-state index in [9.17, 15) is 13.2 Å². The number of nitrogens with one attached hydrogen (secondary N) is 1. The van der Waals surface area contributed by atoms with E-state index in [0.717, 1.165) is 36.8 Å². The normalized spacial score (nSPS) is 18.5. The van der Waals surface area contributed by atoms with Crippen molar-refractivity contribution in [3.63, 3.8) is 0 Å². The van der Waals surface area contributed by atoms with Gasteiger partial charge in [0.15, 0.2) is 6.61 Å². The number of allylic oxidation sites excluding steroid dienone is 1. The van der Waals surface area contributed by atoms with Crippen molar-refractivity contribution in [1.29, 1.82) is 0 Å². The average Bonchev–Trinajstić information content (AvgIpc) is 2.77. The molecule has 6 nitrogen and oxygen atoms in total. The lowest BCUT2D eigenvalue weighted by molar-refractivity contribution is -0.139. The maximum atomic E-state index is 13.0. The Hall–Kier alpha value is -2.35. The molecule has 2 N–H and O–H groups in total. The Morgan fingerprint density at radius 3 is 2.69 bits per heavy atom. The summed E-state index contributed by atoms with van der Waals surface area (Å²) in [5.74, 6) is -0.564. The quantitative estimate of drug-likeness (QED) is 0.612. The number of benzene rings is 2. The van der Waals surface area contributed by atoms with E-state index < -0.39 is 22.6 Å². The summed E-state index contributed by atoms with van der Waals surface area (Å²) in [5, 5.41) is 9.56. The van der Waals surface area contributed by atoms with E-state index in [1.807, 2.05) is 25.1 Å². The van der Waals surface area contributed by atoms with Gasteiger partial charge < -0.3 is 9.84 Å². The van der Waals surface area contributed by atoms with Gasteiger partial charge in [-0.25, -0.2) is 17.9 Å². The number of carboxylic acids is 1. The molecule has 0 bridgehead atoms. The van der Waals surface area contributed by atoms with Crippen molar-refractivity contribution in [3.05, 3.63) is 63.7 Å². The standard InChI is InChI=1S/C24H26ClNO5S/c1-15(26-32(29,30)18-11-9-17(25)10-12-18)19-7-4-8-21-22(31-14-23(27)28)13-16-5-2-3-6-20(16)24(19)21/h4,8-13,15,19,26H,2-3,5-7,14H2,1H3,(H,27,28).